The van der Waals surface area contributed by atoms with E-state index in [9.17, 15) is 31.1 Å². The molecule has 3 nitrogen and oxygen atoms in total. The van der Waals surface area contributed by atoms with Crippen LogP contribution < -0.4 is 10.6 Å². The Labute approximate surface area is 152 Å². The Bertz CT molecular complexity index is 579. The first kappa shape index (κ1) is 22.6. The van der Waals surface area contributed by atoms with Crippen molar-refractivity contribution >= 4 is 18.3 Å². The van der Waals surface area contributed by atoms with Gasteiger partial charge in [-0.3, -0.25) is 4.79 Å². The predicted octanol–water partition coefficient (Wildman–Crippen LogP) is 4.27. The molecule has 26 heavy (non-hydrogen) atoms. The first-order valence-electron chi connectivity index (χ1n) is 7.86. The molecule has 1 aliphatic rings. The molecule has 2 N–H and O–H groups in total. The van der Waals surface area contributed by atoms with Crippen LogP contribution in [0.5, 0.6) is 0 Å². The monoisotopic (exact) mass is 404 g/mol. The summed E-state index contributed by atoms with van der Waals surface area (Å²) in [5, 5.41) is 5.59. The molecule has 2 rings (SSSR count). The van der Waals surface area contributed by atoms with Gasteiger partial charge in [-0.15, -0.1) is 12.4 Å². The van der Waals surface area contributed by atoms with E-state index in [-0.39, 0.29) is 25.0 Å². The van der Waals surface area contributed by atoms with Crippen LogP contribution in [0.3, 0.4) is 0 Å². The van der Waals surface area contributed by atoms with Crippen molar-refractivity contribution in [3.8, 4) is 0 Å². The summed E-state index contributed by atoms with van der Waals surface area (Å²) in [5.41, 5.74) is -3.64. The van der Waals surface area contributed by atoms with E-state index in [0.29, 0.717) is 24.5 Å². The molecule has 1 fully saturated rings. The summed E-state index contributed by atoms with van der Waals surface area (Å²) in [6.45, 7) is 1.91. The number of carbonyl (C=O) groups is 1. The lowest BCUT2D eigenvalue weighted by molar-refractivity contribution is -0.143. The molecule has 1 saturated heterocycles. The second-order valence-corrected chi connectivity index (χ2v) is 6.05. The van der Waals surface area contributed by atoms with Crippen molar-refractivity contribution in [2.24, 2.45) is 5.92 Å². The Kier molecular flexibility index (Phi) is 7.76. The Morgan fingerprint density at radius 2 is 1.65 bits per heavy atom. The van der Waals surface area contributed by atoms with E-state index in [2.05, 4.69) is 10.6 Å². The number of rotatable bonds is 4. The fourth-order valence-electron chi connectivity index (χ4n) is 2.75. The zero-order chi connectivity index (χ0) is 18.7. The van der Waals surface area contributed by atoms with Gasteiger partial charge in [0.15, 0.2) is 0 Å². The van der Waals surface area contributed by atoms with Gasteiger partial charge in [0.25, 0.3) is 5.91 Å². The summed E-state index contributed by atoms with van der Waals surface area (Å²) in [6.07, 6.45) is -7.34. The van der Waals surface area contributed by atoms with Gasteiger partial charge >= 0.3 is 12.4 Å². The maximum Gasteiger partial charge on any atom is 0.416 e. The fourth-order valence-corrected chi connectivity index (χ4v) is 2.75. The molecule has 148 valence electrons. The molecule has 0 spiro atoms. The van der Waals surface area contributed by atoms with E-state index in [1.165, 1.54) is 0 Å². The number of alkyl halides is 6. The molecular formula is C16H19ClF6N2O. The minimum atomic E-state index is -4.97. The second kappa shape index (κ2) is 8.94. The van der Waals surface area contributed by atoms with Gasteiger partial charge in [-0.25, -0.2) is 0 Å². The summed E-state index contributed by atoms with van der Waals surface area (Å²) >= 11 is 0. The minimum Gasteiger partial charge on any atom is -0.352 e. The number of nitrogens with one attached hydrogen (secondary N) is 2. The molecule has 1 unspecified atom stereocenters. The van der Waals surface area contributed by atoms with Gasteiger partial charge in [-0.05, 0) is 56.5 Å². The molecule has 10 heteroatoms. The number of hydrogen-bond donors (Lipinski definition) is 2. The molecule has 1 heterocycles. The average molecular weight is 405 g/mol. The van der Waals surface area contributed by atoms with Crippen LogP contribution in [0, 0.1) is 5.92 Å². The Balaban J connectivity index is 0.00000338. The Hall–Kier alpha value is -1.48. The number of halogens is 7. The van der Waals surface area contributed by atoms with Crippen molar-refractivity contribution in [2.75, 3.05) is 19.6 Å². The van der Waals surface area contributed by atoms with Crippen molar-refractivity contribution in [1.82, 2.24) is 10.6 Å². The van der Waals surface area contributed by atoms with E-state index < -0.39 is 35.0 Å². The van der Waals surface area contributed by atoms with Crippen LogP contribution in [0.25, 0.3) is 0 Å². The SMILES string of the molecule is Cl.O=C(NCCC1CCCNC1)c1cc(C(F)(F)F)cc(C(F)(F)F)c1. The standard InChI is InChI=1S/C16H18F6N2O.ClH/c17-15(18,19)12-6-11(7-13(8-12)16(20,21)22)14(25)24-5-3-10-2-1-4-23-9-10;/h6-8,10,23H,1-5,9H2,(H,24,25);1H. The maximum atomic E-state index is 12.8. The highest BCUT2D eigenvalue weighted by molar-refractivity contribution is 5.94. The highest BCUT2D eigenvalue weighted by atomic mass is 35.5. The van der Waals surface area contributed by atoms with Crippen LogP contribution in [0.2, 0.25) is 0 Å². The van der Waals surface area contributed by atoms with Gasteiger partial charge < -0.3 is 10.6 Å². The summed E-state index contributed by atoms with van der Waals surface area (Å²) in [4.78, 5) is 12.0. The van der Waals surface area contributed by atoms with Crippen LogP contribution in [0.4, 0.5) is 26.3 Å². The van der Waals surface area contributed by atoms with Crippen molar-refractivity contribution < 1.29 is 31.1 Å². The molecule has 0 saturated carbocycles. The molecule has 0 radical (unpaired) electrons. The number of carbonyl (C=O) groups excluding carboxylic acids is 1. The highest BCUT2D eigenvalue weighted by Gasteiger charge is 2.37. The first-order chi connectivity index (χ1) is 11.6. The molecular weight excluding hydrogens is 386 g/mol. The molecule has 1 amide bonds. The highest BCUT2D eigenvalue weighted by Crippen LogP contribution is 2.36. The Morgan fingerprint density at radius 1 is 1.08 bits per heavy atom. The van der Waals surface area contributed by atoms with Crippen molar-refractivity contribution in [1.29, 1.82) is 0 Å². The first-order valence-corrected chi connectivity index (χ1v) is 7.86. The van der Waals surface area contributed by atoms with Crippen molar-refractivity contribution in [2.45, 2.75) is 31.6 Å². The van der Waals surface area contributed by atoms with E-state index in [1.54, 1.807) is 0 Å². The van der Waals surface area contributed by atoms with Crippen molar-refractivity contribution in [3.05, 3.63) is 34.9 Å². The van der Waals surface area contributed by atoms with Gasteiger partial charge in [0.05, 0.1) is 11.1 Å². The van der Waals surface area contributed by atoms with Crippen LogP contribution in [-0.2, 0) is 12.4 Å². The van der Waals surface area contributed by atoms with Gasteiger partial charge in [0, 0.05) is 12.1 Å². The van der Waals surface area contributed by atoms with Crippen molar-refractivity contribution in [3.63, 3.8) is 0 Å². The third-order valence-corrected chi connectivity index (χ3v) is 4.09. The van der Waals surface area contributed by atoms with E-state index in [4.69, 9.17) is 0 Å². The van der Waals surface area contributed by atoms with E-state index in [1.807, 2.05) is 0 Å². The van der Waals surface area contributed by atoms with E-state index in [0.717, 1.165) is 25.9 Å². The zero-order valence-electron chi connectivity index (χ0n) is 13.6. The van der Waals surface area contributed by atoms with Gasteiger partial charge in [-0.1, -0.05) is 0 Å². The third-order valence-electron chi connectivity index (χ3n) is 4.09. The quantitative estimate of drug-likeness (QED) is 0.736. The van der Waals surface area contributed by atoms with Gasteiger partial charge in [-0.2, -0.15) is 26.3 Å². The Morgan fingerprint density at radius 3 is 2.12 bits per heavy atom. The second-order valence-electron chi connectivity index (χ2n) is 6.05. The fraction of sp³-hybridized carbons (Fsp3) is 0.562. The van der Waals surface area contributed by atoms with Crippen LogP contribution in [0.15, 0.2) is 18.2 Å². The lowest BCUT2D eigenvalue weighted by Crippen LogP contribution is -2.33. The number of piperidine rings is 1. The van der Waals surface area contributed by atoms with E-state index >= 15 is 0 Å². The average Bonchev–Trinajstić information content (AvgIpc) is 2.53. The minimum absolute atomic E-state index is 0. The van der Waals surface area contributed by atoms with Crippen LogP contribution in [0.1, 0.15) is 40.7 Å². The molecule has 1 atom stereocenters. The smallest absolute Gasteiger partial charge is 0.352 e. The third kappa shape index (κ3) is 6.35. The normalized spacial score (nSPS) is 18.2. The lowest BCUT2D eigenvalue weighted by Gasteiger charge is -2.22. The molecule has 1 aliphatic heterocycles. The summed E-state index contributed by atoms with van der Waals surface area (Å²) in [7, 11) is 0. The maximum absolute atomic E-state index is 12.8. The number of benzene rings is 1. The molecule has 1 aromatic carbocycles. The molecule has 0 bridgehead atoms. The summed E-state index contributed by atoms with van der Waals surface area (Å²) in [5.74, 6) is -0.610. The number of hydrogen-bond acceptors (Lipinski definition) is 2. The van der Waals surface area contributed by atoms with Crippen LogP contribution in [-0.4, -0.2) is 25.5 Å². The predicted molar refractivity (Wildman–Crippen MR) is 86.2 cm³/mol. The molecule has 0 aliphatic carbocycles. The zero-order valence-corrected chi connectivity index (χ0v) is 14.5. The molecule has 0 aromatic heterocycles. The summed E-state index contributed by atoms with van der Waals surface area (Å²) < 4.78 is 76.7. The van der Waals surface area contributed by atoms with Gasteiger partial charge in [0.2, 0.25) is 0 Å². The molecule has 1 aromatic rings. The topological polar surface area (TPSA) is 41.1 Å². The lowest BCUT2D eigenvalue weighted by atomic mass is 9.96. The number of amides is 1. The summed E-state index contributed by atoms with van der Waals surface area (Å²) in [6, 6.07) is 0.879. The van der Waals surface area contributed by atoms with Crippen LogP contribution >= 0.6 is 12.4 Å². The van der Waals surface area contributed by atoms with Gasteiger partial charge in [0.1, 0.15) is 0 Å². The largest absolute Gasteiger partial charge is 0.416 e.